The summed E-state index contributed by atoms with van der Waals surface area (Å²) in [6.45, 7) is 4.14. The molecule has 12 unspecified atom stereocenters. The van der Waals surface area contributed by atoms with Gasteiger partial charge >= 0.3 is 5.97 Å². The molecular formula is C30H46O9. The number of aliphatic hydroxyl groups is 4. The van der Waals surface area contributed by atoms with Gasteiger partial charge in [-0.1, -0.05) is 13.0 Å². The Bertz CT molecular complexity index is 1000. The third-order valence-electron chi connectivity index (χ3n) is 12.6. The van der Waals surface area contributed by atoms with Crippen LogP contribution in [0.3, 0.4) is 0 Å². The highest BCUT2D eigenvalue weighted by Gasteiger charge is 2.74. The maximum absolute atomic E-state index is 12.5. The molecule has 0 amide bonds. The molecule has 9 heteroatoms. The van der Waals surface area contributed by atoms with Crippen molar-refractivity contribution >= 4 is 5.97 Å². The first-order valence-corrected chi connectivity index (χ1v) is 14.9. The summed E-state index contributed by atoms with van der Waals surface area (Å²) in [4.78, 5) is 11.8. The van der Waals surface area contributed by atoms with Gasteiger partial charge in [-0.3, -0.25) is 0 Å². The summed E-state index contributed by atoms with van der Waals surface area (Å²) in [5.41, 5.74) is -3.58. The molecule has 0 aromatic rings. The Labute approximate surface area is 230 Å². The molecule has 5 fully saturated rings. The monoisotopic (exact) mass is 550 g/mol. The van der Waals surface area contributed by atoms with E-state index in [1.54, 1.807) is 14.0 Å². The van der Waals surface area contributed by atoms with Gasteiger partial charge in [0, 0.05) is 42.3 Å². The summed E-state index contributed by atoms with van der Waals surface area (Å²) in [7, 11) is 1.58. The number of fused-ring (bicyclic) bond motifs is 6. The van der Waals surface area contributed by atoms with E-state index in [0.717, 1.165) is 19.3 Å². The second-order valence-electron chi connectivity index (χ2n) is 13.8. The summed E-state index contributed by atoms with van der Waals surface area (Å²) in [6, 6.07) is 0. The minimum Gasteiger partial charge on any atom is -0.462 e. The van der Waals surface area contributed by atoms with Crippen LogP contribution in [0.4, 0.5) is 0 Å². The van der Waals surface area contributed by atoms with Crippen molar-refractivity contribution in [2.45, 2.75) is 120 Å². The van der Waals surface area contributed by atoms with E-state index in [0.29, 0.717) is 51.6 Å². The first-order chi connectivity index (χ1) is 18.5. The van der Waals surface area contributed by atoms with Crippen LogP contribution in [-0.4, -0.2) is 88.6 Å². The molecule has 2 aliphatic heterocycles. The lowest BCUT2D eigenvalue weighted by Gasteiger charge is -2.67. The number of methoxy groups -OCH3 is 1. The molecule has 220 valence electrons. The number of esters is 1. The van der Waals surface area contributed by atoms with Crippen LogP contribution in [0, 0.1) is 28.1 Å². The highest BCUT2D eigenvalue weighted by molar-refractivity contribution is 5.83. The molecule has 1 saturated heterocycles. The van der Waals surface area contributed by atoms with Crippen molar-refractivity contribution in [3.05, 3.63) is 12.2 Å². The second kappa shape index (κ2) is 9.48. The molecule has 1 spiro atoms. The number of rotatable bonds is 4. The highest BCUT2D eigenvalue weighted by atomic mass is 16.7. The molecule has 0 bridgehead atoms. The molecule has 9 nitrogen and oxygen atoms in total. The van der Waals surface area contributed by atoms with Crippen LogP contribution in [0.25, 0.3) is 0 Å². The minimum atomic E-state index is -1.10. The average molecular weight is 551 g/mol. The van der Waals surface area contributed by atoms with Crippen LogP contribution in [0.2, 0.25) is 0 Å². The minimum absolute atomic E-state index is 0.00971. The quantitative estimate of drug-likeness (QED) is 0.307. The molecule has 6 rings (SSSR count). The van der Waals surface area contributed by atoms with E-state index in [1.807, 2.05) is 6.08 Å². The van der Waals surface area contributed by atoms with Crippen molar-refractivity contribution in [2.24, 2.45) is 28.1 Å². The van der Waals surface area contributed by atoms with Crippen LogP contribution in [0.5, 0.6) is 0 Å². The summed E-state index contributed by atoms with van der Waals surface area (Å²) >= 11 is 0. The van der Waals surface area contributed by atoms with Gasteiger partial charge in [-0.25, -0.2) is 4.79 Å². The summed E-state index contributed by atoms with van der Waals surface area (Å²) in [5, 5.41) is 46.0. The number of cyclic esters (lactones) is 1. The third-order valence-corrected chi connectivity index (χ3v) is 12.6. The lowest BCUT2D eigenvalue weighted by Crippen LogP contribution is -2.70. The van der Waals surface area contributed by atoms with Crippen LogP contribution < -0.4 is 0 Å². The predicted octanol–water partition coefficient (Wildman–Crippen LogP) is 2.23. The van der Waals surface area contributed by atoms with Crippen molar-refractivity contribution in [3.8, 4) is 0 Å². The number of aliphatic hydroxyl groups excluding tert-OH is 2. The van der Waals surface area contributed by atoms with Crippen LogP contribution in [0.1, 0.15) is 78.1 Å². The van der Waals surface area contributed by atoms with Gasteiger partial charge in [0.1, 0.15) is 12.7 Å². The van der Waals surface area contributed by atoms with Gasteiger partial charge in [0.2, 0.25) is 0 Å². The van der Waals surface area contributed by atoms with E-state index in [1.165, 1.54) is 6.08 Å². The standard InChI is InChI=1S/C30H46O9/c1-18-25(33)22(36-3)14-24(38-18)39-19-4-10-28(16-31)20-5-8-26(2)27(9-7-23(32)37-17-27)12-13-30(26,35)21(20)6-11-29(28,34)15-19/h7,9,18-22,24-25,31,33-35H,4-6,8,10-17H2,1-3H3. The molecule has 6 aliphatic rings. The average Bonchev–Trinajstić information content (AvgIpc) is 3.14. The van der Waals surface area contributed by atoms with E-state index in [9.17, 15) is 25.2 Å². The molecule has 0 aromatic heterocycles. The number of carbonyl (C=O) groups is 1. The van der Waals surface area contributed by atoms with Crippen molar-refractivity contribution in [1.82, 2.24) is 0 Å². The van der Waals surface area contributed by atoms with Crippen molar-refractivity contribution < 1.29 is 44.2 Å². The third kappa shape index (κ3) is 3.80. The molecule has 12 atom stereocenters. The van der Waals surface area contributed by atoms with Gasteiger partial charge in [-0.2, -0.15) is 0 Å². The zero-order chi connectivity index (χ0) is 27.8. The molecule has 2 heterocycles. The summed E-state index contributed by atoms with van der Waals surface area (Å²) in [5.74, 6) is -0.376. The lowest BCUT2D eigenvalue weighted by molar-refractivity contribution is -0.300. The van der Waals surface area contributed by atoms with Crippen molar-refractivity contribution in [2.75, 3.05) is 20.3 Å². The fourth-order valence-corrected chi connectivity index (χ4v) is 10.2. The Hall–Kier alpha value is -1.07. The smallest absolute Gasteiger partial charge is 0.330 e. The summed E-state index contributed by atoms with van der Waals surface area (Å²) in [6.07, 6.45) is 7.49. The molecule has 4 saturated carbocycles. The predicted molar refractivity (Wildman–Crippen MR) is 139 cm³/mol. The molecular weight excluding hydrogens is 504 g/mol. The van der Waals surface area contributed by atoms with Gasteiger partial charge in [0.25, 0.3) is 0 Å². The van der Waals surface area contributed by atoms with Gasteiger partial charge in [-0.15, -0.1) is 0 Å². The Kier molecular flexibility index (Phi) is 6.82. The van der Waals surface area contributed by atoms with Crippen molar-refractivity contribution in [3.63, 3.8) is 0 Å². The van der Waals surface area contributed by atoms with Crippen LogP contribution in [0.15, 0.2) is 12.2 Å². The fraction of sp³-hybridized carbons (Fsp3) is 0.900. The highest BCUT2D eigenvalue weighted by Crippen LogP contribution is 2.73. The Morgan fingerprint density at radius 3 is 2.54 bits per heavy atom. The van der Waals surface area contributed by atoms with Gasteiger partial charge in [-0.05, 0) is 70.1 Å². The maximum atomic E-state index is 12.5. The van der Waals surface area contributed by atoms with Gasteiger partial charge < -0.3 is 39.4 Å². The molecule has 4 N–H and O–H groups in total. The Balaban J connectivity index is 1.22. The van der Waals surface area contributed by atoms with Crippen LogP contribution >= 0.6 is 0 Å². The number of hydrogen-bond donors (Lipinski definition) is 4. The van der Waals surface area contributed by atoms with Crippen molar-refractivity contribution in [1.29, 1.82) is 0 Å². The van der Waals surface area contributed by atoms with E-state index in [4.69, 9.17) is 18.9 Å². The first-order valence-electron chi connectivity index (χ1n) is 14.9. The summed E-state index contributed by atoms with van der Waals surface area (Å²) < 4.78 is 23.2. The second-order valence-corrected chi connectivity index (χ2v) is 13.8. The number of carbonyl (C=O) groups excluding carboxylic acids is 1. The lowest BCUT2D eigenvalue weighted by atomic mass is 9.40. The van der Waals surface area contributed by atoms with Crippen LogP contribution in [-0.2, 0) is 23.7 Å². The zero-order valence-electron chi connectivity index (χ0n) is 23.5. The zero-order valence-corrected chi connectivity index (χ0v) is 23.5. The Morgan fingerprint density at radius 2 is 1.85 bits per heavy atom. The number of hydrogen-bond acceptors (Lipinski definition) is 9. The molecule has 4 aliphatic carbocycles. The molecule has 39 heavy (non-hydrogen) atoms. The first kappa shape index (κ1) is 28.1. The van der Waals surface area contributed by atoms with E-state index >= 15 is 0 Å². The largest absolute Gasteiger partial charge is 0.462 e. The number of ether oxygens (including phenoxy) is 4. The topological polar surface area (TPSA) is 135 Å². The Morgan fingerprint density at radius 1 is 1.08 bits per heavy atom. The normalized spacial score (nSPS) is 55.1. The molecule has 0 aromatic carbocycles. The maximum Gasteiger partial charge on any atom is 0.330 e. The van der Waals surface area contributed by atoms with Gasteiger partial charge in [0.05, 0.1) is 36.1 Å². The SMILES string of the molecule is COC1CC(OC2CCC3(CO)C4CCC5(C)C6(C=CC(=O)OC6)CCC5(O)C4CCC3(O)C2)OC(C)C1O. The van der Waals surface area contributed by atoms with Gasteiger partial charge in [0.15, 0.2) is 6.29 Å². The van der Waals surface area contributed by atoms with E-state index < -0.39 is 40.5 Å². The molecule has 0 radical (unpaired) electrons. The fourth-order valence-electron chi connectivity index (χ4n) is 10.2. The van der Waals surface area contributed by atoms with E-state index in [-0.39, 0.29) is 42.0 Å². The van der Waals surface area contributed by atoms with E-state index in [2.05, 4.69) is 6.92 Å².